The van der Waals surface area contributed by atoms with Crippen LogP contribution in [0.2, 0.25) is 0 Å². The molecule has 130 valence electrons. The number of nitrogens with zero attached hydrogens (tertiary/aromatic N) is 1. The predicted molar refractivity (Wildman–Crippen MR) is 89.8 cm³/mol. The van der Waals surface area contributed by atoms with Crippen molar-refractivity contribution < 1.29 is 14.3 Å². The van der Waals surface area contributed by atoms with E-state index in [1.54, 1.807) is 6.92 Å². The molecule has 0 aliphatic carbocycles. The Morgan fingerprint density at radius 3 is 1.91 bits per heavy atom. The molecule has 0 unspecified atom stereocenters. The molecular formula is C17H34N2O3. The van der Waals surface area contributed by atoms with Gasteiger partial charge in [-0.1, -0.05) is 6.92 Å². The summed E-state index contributed by atoms with van der Waals surface area (Å²) in [4.78, 5) is 23.0. The minimum Gasteiger partial charge on any atom is -0.453 e. The van der Waals surface area contributed by atoms with Gasteiger partial charge in [-0.15, -0.1) is 0 Å². The van der Waals surface area contributed by atoms with E-state index in [4.69, 9.17) is 0 Å². The molecule has 1 fully saturated rings. The largest absolute Gasteiger partial charge is 0.453 e. The van der Waals surface area contributed by atoms with Gasteiger partial charge < -0.3 is 15.3 Å². The molecule has 1 aliphatic rings. The molecule has 1 amide bonds. The summed E-state index contributed by atoms with van der Waals surface area (Å²) in [6.45, 7) is 14.5. The molecule has 0 spiro atoms. The van der Waals surface area contributed by atoms with Crippen molar-refractivity contribution in [1.29, 1.82) is 0 Å². The Morgan fingerprint density at radius 1 is 1.18 bits per heavy atom. The van der Waals surface area contributed by atoms with Crippen molar-refractivity contribution in [3.63, 3.8) is 0 Å². The topological polar surface area (TPSA) is 72.6 Å². The lowest BCUT2D eigenvalue weighted by atomic mass is 9.74. The van der Waals surface area contributed by atoms with Crippen molar-refractivity contribution in [3.05, 3.63) is 0 Å². The molecule has 1 heterocycles. The summed E-state index contributed by atoms with van der Waals surface area (Å²) >= 11 is 0. The number of carbonyl (C=O) groups excluding carboxylic acids is 2. The normalized spacial score (nSPS) is 20.7. The van der Waals surface area contributed by atoms with Gasteiger partial charge in [0.1, 0.15) is 5.78 Å². The summed E-state index contributed by atoms with van der Waals surface area (Å²) in [7, 11) is 1.22. The van der Waals surface area contributed by atoms with E-state index in [2.05, 4.69) is 50.0 Å². The van der Waals surface area contributed by atoms with Gasteiger partial charge in [-0.3, -0.25) is 4.90 Å². The van der Waals surface area contributed by atoms with E-state index in [0.717, 1.165) is 25.3 Å². The Hall–Kier alpha value is -1.10. The number of amides is 1. The van der Waals surface area contributed by atoms with E-state index in [-0.39, 0.29) is 11.1 Å². The number of primary amides is 1. The van der Waals surface area contributed by atoms with Gasteiger partial charge in [0.2, 0.25) is 0 Å². The average molecular weight is 314 g/mol. The van der Waals surface area contributed by atoms with Gasteiger partial charge in [0.15, 0.2) is 0 Å². The van der Waals surface area contributed by atoms with Gasteiger partial charge in [0, 0.05) is 17.5 Å². The Labute approximate surface area is 135 Å². The van der Waals surface area contributed by atoms with Crippen molar-refractivity contribution in [2.24, 2.45) is 11.7 Å². The fraction of sp³-hybridized carbons (Fsp3) is 0.882. The van der Waals surface area contributed by atoms with Crippen LogP contribution in [-0.4, -0.2) is 41.5 Å². The van der Waals surface area contributed by atoms with Crippen molar-refractivity contribution in [3.8, 4) is 0 Å². The molecular weight excluding hydrogens is 280 g/mol. The third kappa shape index (κ3) is 7.25. The highest BCUT2D eigenvalue weighted by Gasteiger charge is 2.43. The van der Waals surface area contributed by atoms with Crippen LogP contribution < -0.4 is 5.73 Å². The smallest absolute Gasteiger partial charge is 0.404 e. The van der Waals surface area contributed by atoms with Crippen LogP contribution in [0.15, 0.2) is 0 Å². The molecule has 22 heavy (non-hydrogen) atoms. The van der Waals surface area contributed by atoms with Crippen molar-refractivity contribution in [2.75, 3.05) is 13.7 Å². The number of likely N-dealkylation sites (tertiary alicyclic amines) is 1. The van der Waals surface area contributed by atoms with Crippen molar-refractivity contribution in [2.45, 2.75) is 78.3 Å². The first-order chi connectivity index (χ1) is 9.92. The predicted octanol–water partition coefficient (Wildman–Crippen LogP) is 3.36. The van der Waals surface area contributed by atoms with E-state index < -0.39 is 6.09 Å². The molecule has 1 rings (SSSR count). The van der Waals surface area contributed by atoms with Gasteiger partial charge in [-0.05, 0) is 66.3 Å². The first-order valence-electron chi connectivity index (χ1n) is 8.03. The summed E-state index contributed by atoms with van der Waals surface area (Å²) in [5, 5.41) is 0. The first-order valence-corrected chi connectivity index (χ1v) is 8.03. The van der Waals surface area contributed by atoms with Crippen molar-refractivity contribution >= 4 is 11.9 Å². The maximum atomic E-state index is 11.0. The zero-order chi connectivity index (χ0) is 17.6. The van der Waals surface area contributed by atoms with E-state index in [0.29, 0.717) is 5.78 Å². The third-order valence-electron chi connectivity index (χ3n) is 4.27. The summed E-state index contributed by atoms with van der Waals surface area (Å²) in [6, 6.07) is 0. The number of rotatable bonds is 4. The summed E-state index contributed by atoms with van der Waals surface area (Å²) in [6.07, 6.45) is 3.49. The maximum absolute atomic E-state index is 11.0. The highest BCUT2D eigenvalue weighted by atomic mass is 16.5. The summed E-state index contributed by atoms with van der Waals surface area (Å²) in [5.74, 6) is 1.11. The van der Waals surface area contributed by atoms with E-state index in [1.807, 2.05) is 0 Å². The average Bonchev–Trinajstić information content (AvgIpc) is 2.31. The zero-order valence-electron chi connectivity index (χ0n) is 15.4. The van der Waals surface area contributed by atoms with Crippen LogP contribution in [0.25, 0.3) is 0 Å². The van der Waals surface area contributed by atoms with Gasteiger partial charge in [-0.25, -0.2) is 4.79 Å². The molecule has 0 aromatic rings. The highest BCUT2D eigenvalue weighted by molar-refractivity contribution is 5.75. The van der Waals surface area contributed by atoms with Crippen LogP contribution in [0.3, 0.4) is 0 Å². The Bertz CT molecular complexity index is 360. The lowest BCUT2D eigenvalue weighted by Crippen LogP contribution is -2.60. The molecule has 0 bridgehead atoms. The lowest BCUT2D eigenvalue weighted by molar-refractivity contribution is -0.117. The molecule has 1 aliphatic heterocycles. The number of piperidine rings is 1. The number of Topliss-reactive ketones (excluding diaryl/α,β-unsaturated/α-hetero) is 1. The Kier molecular flexibility index (Phi) is 8.09. The second-order valence-electron chi connectivity index (χ2n) is 7.62. The number of hydrogen-bond donors (Lipinski definition) is 1. The number of ether oxygens (including phenoxy) is 1. The summed E-state index contributed by atoms with van der Waals surface area (Å²) in [5.41, 5.74) is 4.95. The number of nitrogens with two attached hydrogens (primary N) is 1. The molecule has 0 radical (unpaired) electrons. The van der Waals surface area contributed by atoms with E-state index in [9.17, 15) is 9.59 Å². The van der Waals surface area contributed by atoms with Crippen LogP contribution >= 0.6 is 0 Å². The molecule has 0 aromatic carbocycles. The molecule has 1 saturated heterocycles. The number of hydrogen-bond acceptors (Lipinski definition) is 4. The van der Waals surface area contributed by atoms with Gasteiger partial charge >= 0.3 is 6.09 Å². The Morgan fingerprint density at radius 2 is 1.59 bits per heavy atom. The molecule has 0 aromatic heterocycles. The van der Waals surface area contributed by atoms with Crippen LogP contribution in [-0.2, 0) is 9.53 Å². The monoisotopic (exact) mass is 314 g/mol. The van der Waals surface area contributed by atoms with Gasteiger partial charge in [-0.2, -0.15) is 0 Å². The summed E-state index contributed by atoms with van der Waals surface area (Å²) < 4.78 is 3.89. The molecule has 2 N–H and O–H groups in total. The van der Waals surface area contributed by atoms with Crippen molar-refractivity contribution in [1.82, 2.24) is 4.90 Å². The van der Waals surface area contributed by atoms with E-state index in [1.165, 1.54) is 20.0 Å². The van der Waals surface area contributed by atoms with E-state index >= 15 is 0 Å². The SMILES string of the molecule is CC(=O)CCCN1C(C)(C)CC(C)CC1(C)C.COC(N)=O. The standard InChI is InChI=1S/C15H29NO.C2H5NO2/c1-12-10-14(3,4)16(15(5,6)11-12)9-7-8-13(2)17;1-5-2(3)4/h12H,7-11H2,1-6H3;1H3,(H2,3,4). The number of methoxy groups -OCH3 is 1. The van der Waals surface area contributed by atoms with Crippen LogP contribution in [0.1, 0.15) is 67.2 Å². The zero-order valence-corrected chi connectivity index (χ0v) is 15.4. The molecule has 5 heteroatoms. The molecule has 0 atom stereocenters. The fourth-order valence-electron chi connectivity index (χ4n) is 3.91. The van der Waals surface area contributed by atoms with Gasteiger partial charge in [0.05, 0.1) is 7.11 Å². The third-order valence-corrected chi connectivity index (χ3v) is 4.27. The Balaban J connectivity index is 0.000000763. The minimum atomic E-state index is -0.745. The first kappa shape index (κ1) is 20.9. The molecule has 0 saturated carbocycles. The second-order valence-corrected chi connectivity index (χ2v) is 7.62. The number of ketones is 1. The fourth-order valence-corrected chi connectivity index (χ4v) is 3.91. The lowest BCUT2D eigenvalue weighted by Gasteiger charge is -2.55. The molecule has 5 nitrogen and oxygen atoms in total. The van der Waals surface area contributed by atoms with Gasteiger partial charge in [0.25, 0.3) is 0 Å². The van der Waals surface area contributed by atoms with Crippen LogP contribution in [0.5, 0.6) is 0 Å². The second kappa shape index (κ2) is 8.51. The quantitative estimate of drug-likeness (QED) is 0.863. The maximum Gasteiger partial charge on any atom is 0.404 e. The minimum absolute atomic E-state index is 0.262. The highest BCUT2D eigenvalue weighted by Crippen LogP contribution is 2.41. The van der Waals surface area contributed by atoms with Crippen LogP contribution in [0.4, 0.5) is 4.79 Å². The number of carbonyl (C=O) groups is 2. The van der Waals surface area contributed by atoms with Crippen LogP contribution in [0, 0.1) is 5.92 Å².